The molecule has 2 saturated heterocycles. The normalized spacial score (nSPS) is 28.2. The van der Waals surface area contributed by atoms with E-state index in [2.05, 4.69) is 11.4 Å². The van der Waals surface area contributed by atoms with Crippen LogP contribution in [0.15, 0.2) is 11.6 Å². The number of nitrogens with one attached hydrogen (secondary N) is 1. The highest BCUT2D eigenvalue weighted by Gasteiger charge is 2.51. The van der Waals surface area contributed by atoms with Crippen LogP contribution in [0, 0.1) is 0 Å². The zero-order valence-corrected chi connectivity index (χ0v) is 12.7. The van der Waals surface area contributed by atoms with Crippen molar-refractivity contribution in [2.24, 2.45) is 0 Å². The van der Waals surface area contributed by atoms with Crippen LogP contribution < -0.4 is 5.32 Å². The Morgan fingerprint density at radius 1 is 1.38 bits per heavy atom. The number of allylic oxidation sites excluding steroid dienone is 1. The zero-order valence-electron chi connectivity index (χ0n) is 12.7. The van der Waals surface area contributed by atoms with Crippen molar-refractivity contribution in [3.63, 3.8) is 0 Å². The summed E-state index contributed by atoms with van der Waals surface area (Å²) in [7, 11) is 3.58. The van der Waals surface area contributed by atoms with Crippen molar-refractivity contribution in [3.05, 3.63) is 11.6 Å². The number of likely N-dealkylation sites (tertiary alicyclic amines) is 1. The van der Waals surface area contributed by atoms with Gasteiger partial charge in [0, 0.05) is 19.2 Å². The Morgan fingerprint density at radius 2 is 2.14 bits per heavy atom. The van der Waals surface area contributed by atoms with Crippen LogP contribution in [0.4, 0.5) is 0 Å². The molecule has 116 valence electrons. The number of morpholine rings is 1. The maximum absolute atomic E-state index is 12.3. The molecule has 2 aliphatic heterocycles. The van der Waals surface area contributed by atoms with Gasteiger partial charge in [-0.25, -0.2) is 0 Å². The Morgan fingerprint density at radius 3 is 2.71 bits per heavy atom. The van der Waals surface area contributed by atoms with Crippen molar-refractivity contribution >= 4 is 11.8 Å². The summed E-state index contributed by atoms with van der Waals surface area (Å²) < 4.78 is 5.93. The fourth-order valence-electron chi connectivity index (χ4n) is 3.49. The third kappa shape index (κ3) is 2.58. The molecule has 2 amide bonds. The van der Waals surface area contributed by atoms with Gasteiger partial charge in [-0.1, -0.05) is 6.08 Å². The number of nitrogens with zero attached hydrogens (tertiary/aromatic N) is 2. The fraction of sp³-hybridized carbons (Fsp3) is 0.733. The summed E-state index contributed by atoms with van der Waals surface area (Å²) in [5, 5.41) is 2.66. The van der Waals surface area contributed by atoms with Crippen molar-refractivity contribution in [1.82, 2.24) is 15.1 Å². The molecule has 6 heteroatoms. The first-order valence-corrected chi connectivity index (χ1v) is 7.59. The van der Waals surface area contributed by atoms with Gasteiger partial charge in [-0.3, -0.25) is 14.5 Å². The van der Waals surface area contributed by atoms with E-state index in [1.165, 1.54) is 0 Å². The van der Waals surface area contributed by atoms with E-state index in [0.717, 1.165) is 24.8 Å². The summed E-state index contributed by atoms with van der Waals surface area (Å²) >= 11 is 0. The second-order valence-corrected chi connectivity index (χ2v) is 6.32. The number of carbonyl (C=O) groups is 2. The number of amides is 2. The average molecular weight is 293 g/mol. The molecule has 1 atom stereocenters. The molecule has 1 N–H and O–H groups in total. The van der Waals surface area contributed by atoms with Gasteiger partial charge in [-0.05, 0) is 26.3 Å². The van der Waals surface area contributed by atoms with E-state index in [0.29, 0.717) is 26.2 Å². The first-order valence-electron chi connectivity index (χ1n) is 7.59. The minimum Gasteiger partial charge on any atom is -0.368 e. The minimum absolute atomic E-state index is 0.0179. The molecule has 0 bridgehead atoms. The van der Waals surface area contributed by atoms with E-state index in [1.54, 1.807) is 7.05 Å². The Kier molecular flexibility index (Phi) is 3.75. The molecular weight excluding hydrogens is 270 g/mol. The number of hydrogen-bond acceptors (Lipinski definition) is 4. The van der Waals surface area contributed by atoms with Crippen molar-refractivity contribution in [1.29, 1.82) is 0 Å². The lowest BCUT2D eigenvalue weighted by molar-refractivity contribution is -0.199. The van der Waals surface area contributed by atoms with E-state index in [1.807, 2.05) is 16.8 Å². The Balaban J connectivity index is 1.56. The number of likely N-dealkylation sites (N-methyl/N-ethyl adjacent to an activating group) is 2. The summed E-state index contributed by atoms with van der Waals surface area (Å²) in [4.78, 5) is 27.9. The SMILES string of the molecule is CNC(=O)C1COC2(CN(C(=O)C3=CCCC3)C2)CN1C. The predicted octanol–water partition coefficient (Wildman–Crippen LogP) is -0.246. The molecule has 21 heavy (non-hydrogen) atoms. The third-order valence-corrected chi connectivity index (χ3v) is 4.73. The third-order valence-electron chi connectivity index (χ3n) is 4.73. The van der Waals surface area contributed by atoms with Crippen LogP contribution in [0.3, 0.4) is 0 Å². The van der Waals surface area contributed by atoms with Gasteiger partial charge in [-0.15, -0.1) is 0 Å². The lowest BCUT2D eigenvalue weighted by atomic mass is 9.90. The van der Waals surface area contributed by atoms with Crippen LogP contribution in [-0.2, 0) is 14.3 Å². The van der Waals surface area contributed by atoms with Gasteiger partial charge >= 0.3 is 0 Å². The second kappa shape index (κ2) is 5.42. The molecule has 0 aromatic rings. The van der Waals surface area contributed by atoms with Crippen LogP contribution in [0.2, 0.25) is 0 Å². The quantitative estimate of drug-likeness (QED) is 0.763. The molecule has 1 spiro atoms. The van der Waals surface area contributed by atoms with E-state index in [4.69, 9.17) is 4.74 Å². The van der Waals surface area contributed by atoms with E-state index < -0.39 is 0 Å². The van der Waals surface area contributed by atoms with Gasteiger partial charge in [0.25, 0.3) is 0 Å². The molecule has 3 aliphatic rings. The van der Waals surface area contributed by atoms with Crippen molar-refractivity contribution in [2.75, 3.05) is 40.3 Å². The van der Waals surface area contributed by atoms with Gasteiger partial charge in [0.05, 0.1) is 19.7 Å². The maximum Gasteiger partial charge on any atom is 0.249 e. The molecule has 1 unspecified atom stereocenters. The summed E-state index contributed by atoms with van der Waals surface area (Å²) in [5.41, 5.74) is 0.672. The van der Waals surface area contributed by atoms with Crippen LogP contribution in [0.5, 0.6) is 0 Å². The van der Waals surface area contributed by atoms with Gasteiger partial charge in [0.15, 0.2) is 0 Å². The topological polar surface area (TPSA) is 61.9 Å². The molecule has 6 nitrogen and oxygen atoms in total. The zero-order chi connectivity index (χ0) is 15.0. The molecule has 0 aromatic carbocycles. The minimum atomic E-state index is -0.284. The molecule has 3 rings (SSSR count). The first kappa shape index (κ1) is 14.5. The lowest BCUT2D eigenvalue weighted by Crippen LogP contribution is -2.73. The number of hydrogen-bond donors (Lipinski definition) is 1. The van der Waals surface area contributed by atoms with Gasteiger partial charge < -0.3 is 15.0 Å². The molecule has 0 radical (unpaired) electrons. The van der Waals surface area contributed by atoms with E-state index in [9.17, 15) is 9.59 Å². The van der Waals surface area contributed by atoms with Crippen LogP contribution in [-0.4, -0.2) is 73.6 Å². The molecule has 0 saturated carbocycles. The monoisotopic (exact) mass is 293 g/mol. The molecule has 2 fully saturated rings. The highest BCUT2D eigenvalue weighted by Crippen LogP contribution is 2.32. The Bertz CT molecular complexity index is 483. The highest BCUT2D eigenvalue weighted by molar-refractivity contribution is 5.94. The van der Waals surface area contributed by atoms with Crippen LogP contribution >= 0.6 is 0 Å². The average Bonchev–Trinajstić information content (AvgIpc) is 2.97. The Hall–Kier alpha value is -1.40. The highest BCUT2D eigenvalue weighted by atomic mass is 16.5. The van der Waals surface area contributed by atoms with Crippen LogP contribution in [0.25, 0.3) is 0 Å². The largest absolute Gasteiger partial charge is 0.368 e. The van der Waals surface area contributed by atoms with Crippen molar-refractivity contribution in [3.8, 4) is 0 Å². The van der Waals surface area contributed by atoms with Crippen molar-refractivity contribution in [2.45, 2.75) is 30.9 Å². The van der Waals surface area contributed by atoms with E-state index in [-0.39, 0.29) is 23.5 Å². The number of ether oxygens (including phenoxy) is 1. The smallest absolute Gasteiger partial charge is 0.249 e. The summed E-state index contributed by atoms with van der Waals surface area (Å²) in [6, 6.07) is -0.233. The maximum atomic E-state index is 12.3. The molecular formula is C15H23N3O3. The number of carbonyl (C=O) groups excluding carboxylic acids is 2. The molecule has 2 heterocycles. The lowest BCUT2D eigenvalue weighted by Gasteiger charge is -2.54. The standard InChI is InChI=1S/C15H23N3O3/c1-16-13(19)12-7-21-15(8-17(12)2)9-18(10-15)14(20)11-5-3-4-6-11/h5,12H,3-4,6-10H2,1-2H3,(H,16,19). The fourth-order valence-corrected chi connectivity index (χ4v) is 3.49. The summed E-state index contributed by atoms with van der Waals surface area (Å²) in [6.45, 7) is 2.34. The Labute approximate surface area is 125 Å². The van der Waals surface area contributed by atoms with Gasteiger partial charge in [0.2, 0.25) is 11.8 Å². The van der Waals surface area contributed by atoms with E-state index >= 15 is 0 Å². The van der Waals surface area contributed by atoms with Crippen LogP contribution in [0.1, 0.15) is 19.3 Å². The van der Waals surface area contributed by atoms with Gasteiger partial charge in [0.1, 0.15) is 11.6 Å². The number of rotatable bonds is 2. The van der Waals surface area contributed by atoms with Crippen molar-refractivity contribution < 1.29 is 14.3 Å². The predicted molar refractivity (Wildman–Crippen MR) is 77.7 cm³/mol. The first-order chi connectivity index (χ1) is 10.0. The van der Waals surface area contributed by atoms with Gasteiger partial charge in [-0.2, -0.15) is 0 Å². The summed E-state index contributed by atoms with van der Waals surface area (Å²) in [5.74, 6) is 0.147. The second-order valence-electron chi connectivity index (χ2n) is 6.32. The molecule has 1 aliphatic carbocycles. The molecule has 0 aromatic heterocycles. The summed E-state index contributed by atoms with van der Waals surface area (Å²) in [6.07, 6.45) is 5.07.